The van der Waals surface area contributed by atoms with Crippen LogP contribution < -0.4 is 15.4 Å². The standard InChI is InChI=1S/C13H13F3N2O3/c14-13(15,16)7-21-10-3-1-9(2-4-10)18-12(20)8-5-11(19)17-6-8/h1-4,8H,5-7H2,(H,17,19)(H,18,20). The molecule has 21 heavy (non-hydrogen) atoms. The minimum absolute atomic E-state index is 0.0584. The Balaban J connectivity index is 1.87. The van der Waals surface area contributed by atoms with Crippen molar-refractivity contribution in [2.75, 3.05) is 18.5 Å². The molecule has 1 saturated heterocycles. The quantitative estimate of drug-likeness (QED) is 0.889. The van der Waals surface area contributed by atoms with Crippen LogP contribution in [0.15, 0.2) is 24.3 Å². The molecule has 1 aliphatic rings. The number of anilines is 1. The molecule has 1 heterocycles. The third-order valence-electron chi connectivity index (χ3n) is 2.87. The maximum Gasteiger partial charge on any atom is 0.422 e. The predicted octanol–water partition coefficient (Wildman–Crippen LogP) is 1.70. The van der Waals surface area contributed by atoms with Crippen molar-refractivity contribution in [2.45, 2.75) is 12.6 Å². The van der Waals surface area contributed by atoms with Crippen LogP contribution in [-0.2, 0) is 9.59 Å². The van der Waals surface area contributed by atoms with Gasteiger partial charge in [0.1, 0.15) is 5.75 Å². The summed E-state index contributed by atoms with van der Waals surface area (Å²) >= 11 is 0. The Kier molecular flexibility index (Phi) is 4.35. The molecular formula is C13H13F3N2O3. The number of rotatable bonds is 4. The van der Waals surface area contributed by atoms with Gasteiger partial charge < -0.3 is 15.4 Å². The van der Waals surface area contributed by atoms with Gasteiger partial charge in [0, 0.05) is 18.7 Å². The Hall–Kier alpha value is -2.25. The molecule has 1 aromatic carbocycles. The van der Waals surface area contributed by atoms with Crippen LogP contribution in [0, 0.1) is 5.92 Å². The number of hydrogen-bond donors (Lipinski definition) is 2. The molecule has 8 heteroatoms. The van der Waals surface area contributed by atoms with E-state index in [0.717, 1.165) is 0 Å². The van der Waals surface area contributed by atoms with Gasteiger partial charge in [-0.05, 0) is 24.3 Å². The summed E-state index contributed by atoms with van der Waals surface area (Å²) in [6, 6.07) is 5.54. The van der Waals surface area contributed by atoms with Crippen LogP contribution in [0.25, 0.3) is 0 Å². The number of carbonyl (C=O) groups excluding carboxylic acids is 2. The molecule has 2 rings (SSSR count). The maximum absolute atomic E-state index is 12.0. The van der Waals surface area contributed by atoms with Crippen LogP contribution in [0.2, 0.25) is 0 Å². The summed E-state index contributed by atoms with van der Waals surface area (Å²) in [4.78, 5) is 22.8. The maximum atomic E-state index is 12.0. The molecule has 114 valence electrons. The molecule has 5 nitrogen and oxygen atoms in total. The minimum atomic E-state index is -4.39. The van der Waals surface area contributed by atoms with Gasteiger partial charge in [-0.3, -0.25) is 9.59 Å². The van der Waals surface area contributed by atoms with Gasteiger partial charge in [0.15, 0.2) is 6.61 Å². The SMILES string of the molecule is O=C1CC(C(=O)Nc2ccc(OCC(F)(F)F)cc2)CN1. The fourth-order valence-corrected chi connectivity index (χ4v) is 1.83. The summed E-state index contributed by atoms with van der Waals surface area (Å²) in [6.07, 6.45) is -4.26. The molecule has 0 spiro atoms. The lowest BCUT2D eigenvalue weighted by atomic mass is 10.1. The van der Waals surface area contributed by atoms with E-state index in [1.807, 2.05) is 0 Å². The molecule has 2 amide bonds. The second-order valence-electron chi connectivity index (χ2n) is 4.62. The molecule has 1 aromatic rings. The highest BCUT2D eigenvalue weighted by molar-refractivity contribution is 5.97. The van der Waals surface area contributed by atoms with E-state index in [-0.39, 0.29) is 30.5 Å². The van der Waals surface area contributed by atoms with Crippen LogP contribution in [0.5, 0.6) is 5.75 Å². The fourth-order valence-electron chi connectivity index (χ4n) is 1.83. The topological polar surface area (TPSA) is 67.4 Å². The Bertz CT molecular complexity index is 528. The lowest BCUT2D eigenvalue weighted by molar-refractivity contribution is -0.153. The van der Waals surface area contributed by atoms with Crippen molar-refractivity contribution < 1.29 is 27.5 Å². The zero-order valence-corrected chi connectivity index (χ0v) is 10.9. The van der Waals surface area contributed by atoms with Crippen LogP contribution in [0.4, 0.5) is 18.9 Å². The van der Waals surface area contributed by atoms with Crippen molar-refractivity contribution in [2.24, 2.45) is 5.92 Å². The second-order valence-corrected chi connectivity index (χ2v) is 4.62. The second kappa shape index (κ2) is 6.02. The number of benzene rings is 1. The Labute approximate surface area is 118 Å². The number of ether oxygens (including phenoxy) is 1. The van der Waals surface area contributed by atoms with Crippen molar-refractivity contribution in [1.29, 1.82) is 0 Å². The van der Waals surface area contributed by atoms with E-state index in [1.165, 1.54) is 24.3 Å². The van der Waals surface area contributed by atoms with E-state index in [4.69, 9.17) is 0 Å². The van der Waals surface area contributed by atoms with Gasteiger partial charge in [0.2, 0.25) is 11.8 Å². The van der Waals surface area contributed by atoms with E-state index in [0.29, 0.717) is 5.69 Å². The third kappa shape index (κ3) is 4.66. The van der Waals surface area contributed by atoms with E-state index in [2.05, 4.69) is 15.4 Å². The van der Waals surface area contributed by atoms with Gasteiger partial charge in [-0.15, -0.1) is 0 Å². The van der Waals surface area contributed by atoms with Crippen LogP contribution >= 0.6 is 0 Å². The fraction of sp³-hybridized carbons (Fsp3) is 0.385. The van der Waals surface area contributed by atoms with Crippen LogP contribution in [0.3, 0.4) is 0 Å². The molecule has 0 aliphatic carbocycles. The molecule has 0 bridgehead atoms. The monoisotopic (exact) mass is 302 g/mol. The number of amides is 2. The lowest BCUT2D eigenvalue weighted by Crippen LogP contribution is -2.24. The van der Waals surface area contributed by atoms with Crippen molar-refractivity contribution in [3.05, 3.63) is 24.3 Å². The number of carbonyl (C=O) groups is 2. The van der Waals surface area contributed by atoms with Crippen LogP contribution in [-0.4, -0.2) is 31.1 Å². The Morgan fingerprint density at radius 2 is 2.00 bits per heavy atom. The highest BCUT2D eigenvalue weighted by atomic mass is 19.4. The van der Waals surface area contributed by atoms with E-state index >= 15 is 0 Å². The van der Waals surface area contributed by atoms with E-state index in [1.54, 1.807) is 0 Å². The first kappa shape index (κ1) is 15.1. The molecule has 1 aliphatic heterocycles. The van der Waals surface area contributed by atoms with Crippen molar-refractivity contribution in [3.8, 4) is 5.75 Å². The summed E-state index contributed by atoms with van der Waals surface area (Å²) in [5.41, 5.74) is 0.429. The average molecular weight is 302 g/mol. The zero-order valence-electron chi connectivity index (χ0n) is 10.9. The third-order valence-corrected chi connectivity index (χ3v) is 2.87. The summed E-state index contributed by atoms with van der Waals surface area (Å²) in [5, 5.41) is 5.14. The first-order valence-electron chi connectivity index (χ1n) is 6.21. The number of alkyl halides is 3. The highest BCUT2D eigenvalue weighted by Gasteiger charge is 2.29. The Morgan fingerprint density at radius 1 is 1.33 bits per heavy atom. The van der Waals surface area contributed by atoms with Gasteiger partial charge in [-0.25, -0.2) is 0 Å². The smallest absolute Gasteiger partial charge is 0.422 e. The normalized spacial score (nSPS) is 18.2. The highest BCUT2D eigenvalue weighted by Crippen LogP contribution is 2.21. The molecule has 0 radical (unpaired) electrons. The molecule has 0 saturated carbocycles. The van der Waals surface area contributed by atoms with E-state index in [9.17, 15) is 22.8 Å². The van der Waals surface area contributed by atoms with Crippen molar-refractivity contribution >= 4 is 17.5 Å². The Morgan fingerprint density at radius 3 is 2.52 bits per heavy atom. The van der Waals surface area contributed by atoms with Crippen LogP contribution in [0.1, 0.15) is 6.42 Å². The summed E-state index contributed by atoms with van der Waals surface area (Å²) < 4.78 is 40.5. The van der Waals surface area contributed by atoms with Gasteiger partial charge in [-0.1, -0.05) is 0 Å². The predicted molar refractivity (Wildman–Crippen MR) is 67.7 cm³/mol. The first-order valence-corrected chi connectivity index (χ1v) is 6.21. The zero-order chi connectivity index (χ0) is 15.5. The summed E-state index contributed by atoms with van der Waals surface area (Å²) in [7, 11) is 0. The molecule has 1 atom stereocenters. The van der Waals surface area contributed by atoms with Gasteiger partial charge in [0.05, 0.1) is 5.92 Å². The largest absolute Gasteiger partial charge is 0.484 e. The summed E-state index contributed by atoms with van der Waals surface area (Å²) in [6.45, 7) is -1.08. The first-order chi connectivity index (χ1) is 9.83. The van der Waals surface area contributed by atoms with Crippen molar-refractivity contribution in [3.63, 3.8) is 0 Å². The summed E-state index contributed by atoms with van der Waals surface area (Å²) in [5.74, 6) is -0.856. The number of nitrogens with one attached hydrogen (secondary N) is 2. The average Bonchev–Trinajstić information content (AvgIpc) is 2.84. The molecular weight excluding hydrogens is 289 g/mol. The van der Waals surface area contributed by atoms with Crippen molar-refractivity contribution in [1.82, 2.24) is 5.32 Å². The lowest BCUT2D eigenvalue weighted by Gasteiger charge is -2.11. The minimum Gasteiger partial charge on any atom is -0.484 e. The van der Waals surface area contributed by atoms with Gasteiger partial charge in [0.25, 0.3) is 0 Å². The molecule has 0 aromatic heterocycles. The molecule has 1 fully saturated rings. The van der Waals surface area contributed by atoms with Gasteiger partial charge >= 0.3 is 6.18 Å². The number of halogens is 3. The number of hydrogen-bond acceptors (Lipinski definition) is 3. The molecule has 2 N–H and O–H groups in total. The van der Waals surface area contributed by atoms with Gasteiger partial charge in [-0.2, -0.15) is 13.2 Å². The van der Waals surface area contributed by atoms with E-state index < -0.39 is 18.7 Å². The molecule has 1 unspecified atom stereocenters.